The number of nitrogens with zero attached hydrogens (tertiary/aromatic N) is 4. The Morgan fingerprint density at radius 1 is 0.737 bits per heavy atom. The molecule has 0 spiro atoms. The summed E-state index contributed by atoms with van der Waals surface area (Å²) in [5.41, 5.74) is 12.3. The maximum atomic E-state index is 14.1. The number of halogens is 2. The van der Waals surface area contributed by atoms with Gasteiger partial charge in [-0.2, -0.15) is 10.5 Å². The molecule has 8 rings (SSSR count). The van der Waals surface area contributed by atoms with Crippen molar-refractivity contribution in [3.8, 4) is 33.3 Å². The van der Waals surface area contributed by atoms with Crippen LogP contribution in [0.1, 0.15) is 78.7 Å². The number of carboxylic acid groups (broad SMARTS) is 1. The van der Waals surface area contributed by atoms with Crippen molar-refractivity contribution in [2.45, 2.75) is 40.8 Å². The van der Waals surface area contributed by atoms with Gasteiger partial charge >= 0.3 is 5.97 Å². The second kappa shape index (κ2) is 19.8. The Hall–Kier alpha value is -6.64. The first-order valence-corrected chi connectivity index (χ1v) is 18.4. The Morgan fingerprint density at radius 2 is 1.23 bits per heavy atom. The van der Waals surface area contributed by atoms with Crippen LogP contribution in [0.15, 0.2) is 97.3 Å². The number of aromatic carboxylic acids is 1. The van der Waals surface area contributed by atoms with Crippen LogP contribution in [0.2, 0.25) is 0 Å². The lowest BCUT2D eigenvalue weighted by molar-refractivity contribution is 0.0696. The summed E-state index contributed by atoms with van der Waals surface area (Å²) < 4.78 is 27.7. The van der Waals surface area contributed by atoms with E-state index in [-0.39, 0.29) is 26.3 Å². The van der Waals surface area contributed by atoms with Gasteiger partial charge in [-0.25, -0.2) is 23.5 Å². The summed E-state index contributed by atoms with van der Waals surface area (Å²) in [5.74, 6) is -1.92. The minimum Gasteiger partial charge on any atom is -0.478 e. The van der Waals surface area contributed by atoms with Crippen molar-refractivity contribution in [3.63, 3.8) is 0 Å². The average molecular weight is 801 g/mol. The molecule has 4 aromatic carbocycles. The molecule has 2 aliphatic carbocycles. The smallest absolute Gasteiger partial charge is 0.335 e. The van der Waals surface area contributed by atoms with Gasteiger partial charge in [0, 0.05) is 45.4 Å². The predicted octanol–water partition coefficient (Wildman–Crippen LogP) is 9.83. The van der Waals surface area contributed by atoms with Gasteiger partial charge in [-0.05, 0) is 95.8 Å². The number of hydrogen-bond donors (Lipinski definition) is 3. The molecule has 0 bridgehead atoms. The number of rotatable bonds is 7. The zero-order valence-corrected chi connectivity index (χ0v) is 30.6. The summed E-state index contributed by atoms with van der Waals surface area (Å²) in [4.78, 5) is 33.0. The van der Waals surface area contributed by atoms with Crippen molar-refractivity contribution in [2.24, 2.45) is 5.73 Å². The highest BCUT2D eigenvalue weighted by molar-refractivity contribution is 7.15. The van der Waals surface area contributed by atoms with Crippen molar-refractivity contribution in [1.29, 1.82) is 10.5 Å². The maximum Gasteiger partial charge on any atom is 0.335 e. The molecule has 57 heavy (non-hydrogen) atoms. The van der Waals surface area contributed by atoms with E-state index in [9.17, 15) is 18.4 Å². The summed E-state index contributed by atoms with van der Waals surface area (Å²) in [5, 5.41) is 30.1. The number of fused-ring (bicyclic) bond motifs is 2. The van der Waals surface area contributed by atoms with Gasteiger partial charge in [0.25, 0.3) is 5.91 Å². The van der Waals surface area contributed by atoms with Crippen LogP contribution in [0.4, 0.5) is 8.78 Å². The van der Waals surface area contributed by atoms with E-state index in [1.807, 2.05) is 48.6 Å². The van der Waals surface area contributed by atoms with Crippen molar-refractivity contribution in [2.75, 3.05) is 0 Å². The molecule has 2 aromatic heterocycles. The quantitative estimate of drug-likeness (QED) is 0.144. The predicted molar refractivity (Wildman–Crippen MR) is 222 cm³/mol. The number of amides is 1. The number of nitriles is 2. The third-order valence-corrected chi connectivity index (χ3v) is 10.5. The maximum absolute atomic E-state index is 14.1. The summed E-state index contributed by atoms with van der Waals surface area (Å²) in [7, 11) is 0. The van der Waals surface area contributed by atoms with Crippen LogP contribution in [0.5, 0.6) is 0 Å². The molecule has 0 saturated carbocycles. The molecule has 0 saturated heterocycles. The van der Waals surface area contributed by atoms with E-state index in [1.165, 1.54) is 34.8 Å². The van der Waals surface area contributed by atoms with E-state index in [4.69, 9.17) is 21.4 Å². The highest BCUT2D eigenvalue weighted by Gasteiger charge is 2.14. The number of carboxylic acids is 1. The van der Waals surface area contributed by atoms with E-state index in [0.29, 0.717) is 50.9 Å². The molecular formula is C44H38F2N6O3S2. The number of aromatic nitrogens is 2. The third-order valence-electron chi connectivity index (χ3n) is 8.45. The number of benzene rings is 4. The molecule has 1 amide bonds. The van der Waals surface area contributed by atoms with Gasteiger partial charge < -0.3 is 16.2 Å². The number of carbonyl (C=O) groups excluding carboxylic acids is 1. The largest absolute Gasteiger partial charge is 0.478 e. The van der Waals surface area contributed by atoms with Crippen molar-refractivity contribution in [3.05, 3.63) is 163 Å². The van der Waals surface area contributed by atoms with E-state index in [0.717, 1.165) is 44.8 Å². The second-order valence-corrected chi connectivity index (χ2v) is 14.3. The molecule has 0 radical (unpaired) electrons. The minimum absolute atomic E-state index is 0. The first-order valence-electron chi connectivity index (χ1n) is 16.8. The lowest BCUT2D eigenvalue weighted by atomic mass is 10.1. The summed E-state index contributed by atoms with van der Waals surface area (Å²) >= 11 is 2.67. The molecule has 13 heteroatoms. The van der Waals surface area contributed by atoms with Crippen molar-refractivity contribution in [1.82, 2.24) is 15.3 Å². The van der Waals surface area contributed by atoms with Crippen LogP contribution in [0.25, 0.3) is 33.3 Å². The van der Waals surface area contributed by atoms with Gasteiger partial charge in [0.05, 0.1) is 35.4 Å². The summed E-state index contributed by atoms with van der Waals surface area (Å²) in [6.45, 7) is 0.722. The van der Waals surface area contributed by atoms with Crippen LogP contribution in [0.3, 0.4) is 0 Å². The molecular weight excluding hydrogens is 763 g/mol. The van der Waals surface area contributed by atoms with Gasteiger partial charge in [0.2, 0.25) is 0 Å². The fraction of sp³-hybridized carbons (Fsp3) is 0.136. The van der Waals surface area contributed by atoms with Gasteiger partial charge in [-0.1, -0.05) is 51.3 Å². The number of thiazole rings is 2. The van der Waals surface area contributed by atoms with Crippen LogP contribution < -0.4 is 11.1 Å². The van der Waals surface area contributed by atoms with E-state index in [2.05, 4.69) is 27.4 Å². The Kier molecular flexibility index (Phi) is 15.0. The fourth-order valence-corrected chi connectivity index (χ4v) is 7.31. The standard InChI is InChI=1S/C21H14FN3OS.C11H8FN3S.C10H8O2.2CH4/c22-19-8-13(10-23)4-7-18(19)21-25-12-17(27-21)11-24-20(26)16-6-5-14-2-1-3-15(14)9-16;12-10-3-7(4-13)1-2-9(10)11-15-6-8(5-14)16-11;11-10(12)9-5-4-7-2-1-3-8(7)6-9;;/h1-2,4-9,12H,3,11H2,(H,24,26);1-3,6H,5,14H2;1-2,4-6H,3H2,(H,11,12);2*1H4. The molecule has 288 valence electrons. The number of nitrogens with two attached hydrogens (primary N) is 1. The second-order valence-electron chi connectivity index (χ2n) is 12.1. The van der Waals surface area contributed by atoms with E-state index in [1.54, 1.807) is 48.8 Å². The monoisotopic (exact) mass is 800 g/mol. The van der Waals surface area contributed by atoms with Crippen LogP contribution in [-0.4, -0.2) is 27.0 Å². The van der Waals surface area contributed by atoms with Crippen LogP contribution in [0, 0.1) is 34.3 Å². The Balaban J connectivity index is 0.000000204. The summed E-state index contributed by atoms with van der Waals surface area (Å²) in [6, 6.07) is 23.3. The van der Waals surface area contributed by atoms with Gasteiger partial charge in [-0.3, -0.25) is 4.79 Å². The first kappa shape index (κ1) is 43.1. The number of nitrogens with one attached hydrogen (secondary N) is 1. The molecule has 0 atom stereocenters. The van der Waals surface area contributed by atoms with E-state index >= 15 is 0 Å². The Labute approximate surface area is 337 Å². The summed E-state index contributed by atoms with van der Waals surface area (Å²) in [6.07, 6.45) is 13.2. The minimum atomic E-state index is -0.857. The Bertz CT molecular complexity index is 2560. The molecule has 0 fully saturated rings. The third kappa shape index (κ3) is 10.6. The normalized spacial score (nSPS) is 11.2. The number of hydrogen-bond acceptors (Lipinski definition) is 9. The van der Waals surface area contributed by atoms with Crippen molar-refractivity contribution < 1.29 is 23.5 Å². The molecule has 0 aliphatic heterocycles. The molecule has 0 unspecified atom stereocenters. The molecule has 2 aliphatic rings. The number of allylic oxidation sites excluding steroid dienone is 2. The zero-order valence-electron chi connectivity index (χ0n) is 28.9. The zero-order chi connectivity index (χ0) is 38.9. The van der Waals surface area contributed by atoms with Crippen LogP contribution in [-0.2, 0) is 25.9 Å². The van der Waals surface area contributed by atoms with Crippen molar-refractivity contribution >= 4 is 46.7 Å². The molecule has 2 heterocycles. The number of carbonyl (C=O) groups is 2. The van der Waals surface area contributed by atoms with Gasteiger partial charge in [0.15, 0.2) is 0 Å². The molecule has 6 aromatic rings. The fourth-order valence-electron chi connectivity index (χ4n) is 5.62. The first-order chi connectivity index (χ1) is 26.6. The lowest BCUT2D eigenvalue weighted by Crippen LogP contribution is -2.22. The average Bonchev–Trinajstić information content (AvgIpc) is 4.04. The SMILES string of the molecule is C.C.N#Cc1ccc(-c2ncc(CN)s2)c(F)c1.N#Cc1ccc(-c2ncc(CNC(=O)c3ccc4c(c3)CC=C4)s2)c(F)c1.O=C(O)c1ccc2c(c1)CC=C2. The molecule has 4 N–H and O–H groups in total. The van der Waals surface area contributed by atoms with Gasteiger partial charge in [-0.15, -0.1) is 22.7 Å². The lowest BCUT2D eigenvalue weighted by Gasteiger charge is -2.06. The Morgan fingerprint density at radius 3 is 1.70 bits per heavy atom. The van der Waals surface area contributed by atoms with Crippen LogP contribution >= 0.6 is 22.7 Å². The highest BCUT2D eigenvalue weighted by Crippen LogP contribution is 2.29. The van der Waals surface area contributed by atoms with Gasteiger partial charge in [0.1, 0.15) is 21.6 Å². The van der Waals surface area contributed by atoms with E-state index < -0.39 is 17.6 Å². The topological polar surface area (TPSA) is 166 Å². The highest BCUT2D eigenvalue weighted by atomic mass is 32.1. The molecule has 9 nitrogen and oxygen atoms in total.